The van der Waals surface area contributed by atoms with Gasteiger partial charge in [0, 0.05) is 35.8 Å². The Morgan fingerprint density at radius 2 is 1.80 bits per heavy atom. The fourth-order valence-corrected chi connectivity index (χ4v) is 3.29. The summed E-state index contributed by atoms with van der Waals surface area (Å²) in [5, 5.41) is 1.06. The van der Waals surface area contributed by atoms with Gasteiger partial charge in [-0.05, 0) is 44.5 Å². The first kappa shape index (κ1) is 15.0. The third kappa shape index (κ3) is 3.02. The van der Waals surface area contributed by atoms with Crippen molar-refractivity contribution in [3.05, 3.63) is 34.8 Å². The fourth-order valence-electron chi connectivity index (χ4n) is 2.12. The molecule has 0 amide bonds. The summed E-state index contributed by atoms with van der Waals surface area (Å²) in [5.74, 6) is 0. The Labute approximate surface area is 125 Å². The van der Waals surface area contributed by atoms with Crippen molar-refractivity contribution < 1.29 is 0 Å². The van der Waals surface area contributed by atoms with Gasteiger partial charge in [0.25, 0.3) is 0 Å². The molecule has 3 nitrogen and oxygen atoms in total. The molecule has 0 atom stereocenters. The van der Waals surface area contributed by atoms with E-state index >= 15 is 0 Å². The molecule has 2 rings (SSSR count). The van der Waals surface area contributed by atoms with Crippen molar-refractivity contribution in [2.75, 3.05) is 19.0 Å². The van der Waals surface area contributed by atoms with Crippen LogP contribution in [0.4, 0.5) is 5.69 Å². The third-order valence-corrected chi connectivity index (χ3v) is 4.73. The predicted molar refractivity (Wildman–Crippen MR) is 88.5 cm³/mol. The van der Waals surface area contributed by atoms with Gasteiger partial charge < -0.3 is 10.6 Å². The summed E-state index contributed by atoms with van der Waals surface area (Å²) in [6.45, 7) is 6.21. The standard InChI is InChI=1S/C16H23N3S/c1-6-13-14(16(2,3)17)20-15(18-13)11-7-9-12(10-8-11)19(4)5/h7-10H,6,17H2,1-5H3. The third-order valence-electron chi connectivity index (χ3n) is 3.25. The van der Waals surface area contributed by atoms with Gasteiger partial charge in [0.2, 0.25) is 0 Å². The number of hydrogen-bond acceptors (Lipinski definition) is 4. The highest BCUT2D eigenvalue weighted by Crippen LogP contribution is 2.34. The highest BCUT2D eigenvalue weighted by Gasteiger charge is 2.23. The summed E-state index contributed by atoms with van der Waals surface area (Å²) >= 11 is 1.71. The molecule has 0 aliphatic heterocycles. The number of rotatable bonds is 4. The molecule has 0 spiro atoms. The molecule has 0 bridgehead atoms. The predicted octanol–water partition coefficient (Wildman–Crippen LogP) is 3.63. The quantitative estimate of drug-likeness (QED) is 0.934. The molecule has 0 fully saturated rings. The van der Waals surface area contributed by atoms with Crippen LogP contribution in [0.25, 0.3) is 10.6 Å². The topological polar surface area (TPSA) is 42.2 Å². The number of anilines is 1. The maximum absolute atomic E-state index is 6.25. The van der Waals surface area contributed by atoms with Gasteiger partial charge in [-0.25, -0.2) is 4.98 Å². The van der Waals surface area contributed by atoms with E-state index in [1.807, 2.05) is 27.9 Å². The molecule has 0 aliphatic rings. The van der Waals surface area contributed by atoms with E-state index in [0.717, 1.165) is 22.7 Å². The molecular formula is C16H23N3S. The second kappa shape index (κ2) is 5.54. The van der Waals surface area contributed by atoms with Crippen molar-refractivity contribution in [2.45, 2.75) is 32.7 Å². The zero-order valence-electron chi connectivity index (χ0n) is 12.9. The molecule has 1 aromatic carbocycles. The zero-order chi connectivity index (χ0) is 14.9. The van der Waals surface area contributed by atoms with Gasteiger partial charge in [-0.15, -0.1) is 11.3 Å². The summed E-state index contributed by atoms with van der Waals surface area (Å²) in [7, 11) is 4.09. The van der Waals surface area contributed by atoms with Crippen molar-refractivity contribution in [3.8, 4) is 10.6 Å². The number of thiazole rings is 1. The summed E-state index contributed by atoms with van der Waals surface area (Å²) < 4.78 is 0. The molecule has 0 radical (unpaired) electrons. The molecule has 0 unspecified atom stereocenters. The van der Waals surface area contributed by atoms with Crippen LogP contribution in [0.5, 0.6) is 0 Å². The van der Waals surface area contributed by atoms with E-state index in [2.05, 4.69) is 36.1 Å². The van der Waals surface area contributed by atoms with E-state index in [9.17, 15) is 0 Å². The lowest BCUT2D eigenvalue weighted by atomic mass is 10.0. The van der Waals surface area contributed by atoms with Crippen LogP contribution in [0.15, 0.2) is 24.3 Å². The van der Waals surface area contributed by atoms with E-state index in [1.54, 1.807) is 11.3 Å². The minimum atomic E-state index is -0.329. The Hall–Kier alpha value is -1.39. The molecule has 1 heterocycles. The second-order valence-electron chi connectivity index (χ2n) is 5.81. The normalized spacial score (nSPS) is 11.7. The van der Waals surface area contributed by atoms with Crippen molar-refractivity contribution in [3.63, 3.8) is 0 Å². The van der Waals surface area contributed by atoms with Crippen LogP contribution in [0.3, 0.4) is 0 Å². The van der Waals surface area contributed by atoms with E-state index in [4.69, 9.17) is 10.7 Å². The summed E-state index contributed by atoms with van der Waals surface area (Å²) in [6, 6.07) is 8.49. The molecule has 0 saturated carbocycles. The number of nitrogens with two attached hydrogens (primary N) is 1. The van der Waals surface area contributed by atoms with E-state index in [0.29, 0.717) is 0 Å². The van der Waals surface area contributed by atoms with Crippen molar-refractivity contribution in [1.29, 1.82) is 0 Å². The molecule has 1 aromatic heterocycles. The molecule has 2 aromatic rings. The monoisotopic (exact) mass is 289 g/mol. The Balaban J connectivity index is 2.40. The number of hydrogen-bond donors (Lipinski definition) is 1. The number of nitrogens with zero attached hydrogens (tertiary/aromatic N) is 2. The largest absolute Gasteiger partial charge is 0.378 e. The summed E-state index contributed by atoms with van der Waals surface area (Å²) in [6.07, 6.45) is 0.919. The Kier molecular flexibility index (Phi) is 4.16. The lowest BCUT2D eigenvalue weighted by molar-refractivity contribution is 0.559. The number of benzene rings is 1. The molecule has 2 N–H and O–H groups in total. The van der Waals surface area contributed by atoms with Crippen molar-refractivity contribution in [2.24, 2.45) is 5.73 Å². The minimum Gasteiger partial charge on any atom is -0.378 e. The van der Waals surface area contributed by atoms with Gasteiger partial charge in [-0.2, -0.15) is 0 Å². The maximum Gasteiger partial charge on any atom is 0.123 e. The van der Waals surface area contributed by atoms with E-state index < -0.39 is 0 Å². The van der Waals surface area contributed by atoms with Crippen LogP contribution in [-0.2, 0) is 12.0 Å². The Bertz CT molecular complexity index is 577. The Morgan fingerprint density at radius 1 is 1.20 bits per heavy atom. The van der Waals surface area contributed by atoms with Crippen molar-refractivity contribution in [1.82, 2.24) is 4.98 Å². The molecular weight excluding hydrogens is 266 g/mol. The van der Waals surface area contributed by atoms with Crippen LogP contribution in [-0.4, -0.2) is 19.1 Å². The van der Waals surface area contributed by atoms with Crippen LogP contribution >= 0.6 is 11.3 Å². The van der Waals surface area contributed by atoms with Crippen LogP contribution in [0, 0.1) is 0 Å². The van der Waals surface area contributed by atoms with Crippen LogP contribution < -0.4 is 10.6 Å². The van der Waals surface area contributed by atoms with Gasteiger partial charge in [0.1, 0.15) is 5.01 Å². The molecule has 4 heteroatoms. The highest BCUT2D eigenvalue weighted by atomic mass is 32.1. The van der Waals surface area contributed by atoms with Crippen LogP contribution in [0.2, 0.25) is 0 Å². The number of aryl methyl sites for hydroxylation is 1. The van der Waals surface area contributed by atoms with Crippen molar-refractivity contribution >= 4 is 17.0 Å². The smallest absolute Gasteiger partial charge is 0.123 e. The highest BCUT2D eigenvalue weighted by molar-refractivity contribution is 7.15. The average molecular weight is 289 g/mol. The van der Waals surface area contributed by atoms with Gasteiger partial charge >= 0.3 is 0 Å². The molecule has 108 valence electrons. The summed E-state index contributed by atoms with van der Waals surface area (Å²) in [5.41, 5.74) is 9.40. The number of aromatic nitrogens is 1. The van der Waals surface area contributed by atoms with E-state index in [-0.39, 0.29) is 5.54 Å². The second-order valence-corrected chi connectivity index (χ2v) is 6.81. The van der Waals surface area contributed by atoms with Gasteiger partial charge in [0.05, 0.1) is 5.69 Å². The fraction of sp³-hybridized carbons (Fsp3) is 0.438. The van der Waals surface area contributed by atoms with E-state index in [1.165, 1.54) is 10.6 Å². The first-order valence-corrected chi connectivity index (χ1v) is 7.71. The lowest BCUT2D eigenvalue weighted by Gasteiger charge is -2.17. The summed E-state index contributed by atoms with van der Waals surface area (Å²) in [4.78, 5) is 8.05. The zero-order valence-corrected chi connectivity index (χ0v) is 13.7. The van der Waals surface area contributed by atoms with Crippen LogP contribution in [0.1, 0.15) is 31.3 Å². The lowest BCUT2D eigenvalue weighted by Crippen LogP contribution is -2.28. The molecule has 0 aliphatic carbocycles. The van der Waals surface area contributed by atoms with Gasteiger partial charge in [0.15, 0.2) is 0 Å². The average Bonchev–Trinajstić information content (AvgIpc) is 2.83. The molecule has 0 saturated heterocycles. The Morgan fingerprint density at radius 3 is 2.20 bits per heavy atom. The first-order valence-electron chi connectivity index (χ1n) is 6.89. The van der Waals surface area contributed by atoms with Gasteiger partial charge in [-0.3, -0.25) is 0 Å². The SMILES string of the molecule is CCc1nc(-c2ccc(N(C)C)cc2)sc1C(C)(C)N. The minimum absolute atomic E-state index is 0.329. The molecule has 20 heavy (non-hydrogen) atoms. The van der Waals surface area contributed by atoms with Gasteiger partial charge in [-0.1, -0.05) is 6.92 Å². The first-order chi connectivity index (χ1) is 9.32. The maximum atomic E-state index is 6.25.